The van der Waals surface area contributed by atoms with Gasteiger partial charge in [0.05, 0.1) is 29.2 Å². The van der Waals surface area contributed by atoms with Crippen LogP contribution in [0.4, 0.5) is 10.1 Å². The quantitative estimate of drug-likeness (QED) is 0.727. The van der Waals surface area contributed by atoms with Gasteiger partial charge in [-0.25, -0.2) is 9.18 Å². The molecular weight excluding hydrogens is 367 g/mol. The molecule has 8 nitrogen and oxygen atoms in total. The van der Waals surface area contributed by atoms with Gasteiger partial charge in [0.15, 0.2) is 11.6 Å². The van der Waals surface area contributed by atoms with Crippen molar-refractivity contribution in [3.63, 3.8) is 0 Å². The fraction of sp³-hybridized carbons (Fsp3) is 0.316. The Labute approximate surface area is 158 Å². The second kappa shape index (κ2) is 5.57. The Morgan fingerprint density at radius 3 is 2.86 bits per heavy atom. The normalized spacial score (nSPS) is 17.7. The highest BCUT2D eigenvalue weighted by Gasteiger charge is 2.33. The summed E-state index contributed by atoms with van der Waals surface area (Å²) in [4.78, 5) is 25.9. The number of hydrogen-bond donors (Lipinski definition) is 1. The Morgan fingerprint density at radius 2 is 2.14 bits per heavy atom. The smallest absolute Gasteiger partial charge is 0.341 e. The second-order valence-electron chi connectivity index (χ2n) is 7.31. The fourth-order valence-electron chi connectivity index (χ4n) is 4.11. The number of carboxylic acids is 1. The number of hydrogen-bond acceptors (Lipinski definition) is 5. The van der Waals surface area contributed by atoms with Crippen LogP contribution in [0.3, 0.4) is 0 Å². The molecule has 1 atom stereocenters. The third-order valence-electron chi connectivity index (χ3n) is 5.38. The number of fused-ring (bicyclic) bond motifs is 1. The summed E-state index contributed by atoms with van der Waals surface area (Å²) >= 11 is 0. The number of pyridine rings is 1. The molecule has 0 aliphatic carbocycles. The van der Waals surface area contributed by atoms with E-state index in [9.17, 15) is 14.7 Å². The molecule has 9 heteroatoms. The van der Waals surface area contributed by atoms with Crippen molar-refractivity contribution in [2.24, 2.45) is 7.05 Å². The monoisotopic (exact) mass is 384 g/mol. The van der Waals surface area contributed by atoms with Crippen molar-refractivity contribution in [3.8, 4) is 5.75 Å². The largest absolute Gasteiger partial charge is 0.487 e. The van der Waals surface area contributed by atoms with Crippen LogP contribution in [-0.4, -0.2) is 32.0 Å². The molecule has 0 saturated carbocycles. The summed E-state index contributed by atoms with van der Waals surface area (Å²) in [5, 5.41) is 13.8. The highest BCUT2D eigenvalue weighted by Crippen LogP contribution is 2.44. The van der Waals surface area contributed by atoms with Crippen molar-refractivity contribution in [3.05, 3.63) is 51.3 Å². The van der Waals surface area contributed by atoms with Crippen LogP contribution in [0.5, 0.6) is 5.75 Å². The number of aromatic nitrogens is 3. The maximum atomic E-state index is 15.2. The second-order valence-corrected chi connectivity index (χ2v) is 7.31. The summed E-state index contributed by atoms with van der Waals surface area (Å²) in [6.45, 7) is 3.02. The van der Waals surface area contributed by atoms with Gasteiger partial charge in [0.2, 0.25) is 5.43 Å². The van der Waals surface area contributed by atoms with Crippen LogP contribution < -0.4 is 15.1 Å². The van der Waals surface area contributed by atoms with Gasteiger partial charge in [-0.05, 0) is 13.0 Å². The van der Waals surface area contributed by atoms with E-state index < -0.39 is 17.2 Å². The topological polar surface area (TPSA) is 89.6 Å². The lowest BCUT2D eigenvalue weighted by Gasteiger charge is -2.31. The van der Waals surface area contributed by atoms with E-state index in [4.69, 9.17) is 4.74 Å². The number of nitrogens with zero attached hydrogens (tertiary/aromatic N) is 4. The molecule has 0 radical (unpaired) electrons. The van der Waals surface area contributed by atoms with Crippen molar-refractivity contribution in [1.29, 1.82) is 0 Å². The molecule has 2 aromatic heterocycles. The van der Waals surface area contributed by atoms with E-state index in [0.29, 0.717) is 18.6 Å². The summed E-state index contributed by atoms with van der Waals surface area (Å²) in [6, 6.07) is 0.933. The molecule has 2 aliphatic rings. The number of carbonyl (C=O) groups is 1. The fourth-order valence-corrected chi connectivity index (χ4v) is 4.11. The van der Waals surface area contributed by atoms with E-state index in [1.807, 2.05) is 25.1 Å². The van der Waals surface area contributed by atoms with E-state index in [1.165, 1.54) is 6.20 Å². The number of benzene rings is 1. The first-order valence-electron chi connectivity index (χ1n) is 8.89. The molecule has 0 bridgehead atoms. The lowest BCUT2D eigenvalue weighted by atomic mass is 10.1. The van der Waals surface area contributed by atoms with E-state index in [-0.39, 0.29) is 35.0 Å². The molecule has 5 rings (SSSR count). The minimum absolute atomic E-state index is 0.0124. The standard InChI is InChI=1S/C19H17FN4O4/c1-9-8-28-18-15-11(17(25)12(19(26)27)6-24(9)15)3-13(20)16(18)23-5-10-4-22(2)21-14(10)7-23/h3-4,6,9H,5,7-8H2,1-2H3,(H,26,27). The summed E-state index contributed by atoms with van der Waals surface area (Å²) in [5.41, 5.74) is 1.49. The third-order valence-corrected chi connectivity index (χ3v) is 5.38. The predicted octanol–water partition coefficient (Wildman–Crippen LogP) is 2.05. The maximum Gasteiger partial charge on any atom is 0.341 e. The average Bonchev–Trinajstić information content (AvgIpc) is 3.16. The molecule has 144 valence electrons. The zero-order valence-corrected chi connectivity index (χ0v) is 15.3. The Hall–Kier alpha value is -3.36. The number of anilines is 1. The van der Waals surface area contributed by atoms with Crippen molar-refractivity contribution in [2.75, 3.05) is 11.5 Å². The van der Waals surface area contributed by atoms with Crippen LogP contribution in [0.1, 0.15) is 34.6 Å². The first-order chi connectivity index (χ1) is 13.3. The lowest BCUT2D eigenvalue weighted by Crippen LogP contribution is -2.28. The van der Waals surface area contributed by atoms with Crippen LogP contribution >= 0.6 is 0 Å². The van der Waals surface area contributed by atoms with Crippen molar-refractivity contribution < 1.29 is 19.0 Å². The summed E-state index contributed by atoms with van der Waals surface area (Å²) in [7, 11) is 1.84. The van der Waals surface area contributed by atoms with Gasteiger partial charge in [0.25, 0.3) is 0 Å². The zero-order valence-electron chi connectivity index (χ0n) is 15.3. The molecule has 4 heterocycles. The van der Waals surface area contributed by atoms with Crippen LogP contribution in [0.25, 0.3) is 10.9 Å². The Kier molecular flexibility index (Phi) is 3.34. The van der Waals surface area contributed by atoms with Crippen molar-refractivity contribution >= 4 is 22.6 Å². The molecule has 1 N–H and O–H groups in total. The first-order valence-corrected chi connectivity index (χ1v) is 8.89. The molecule has 0 saturated heterocycles. The van der Waals surface area contributed by atoms with E-state index >= 15 is 4.39 Å². The number of ether oxygens (including phenoxy) is 1. The Balaban J connectivity index is 1.76. The average molecular weight is 384 g/mol. The lowest BCUT2D eigenvalue weighted by molar-refractivity contribution is 0.0694. The van der Waals surface area contributed by atoms with E-state index in [1.54, 1.807) is 9.25 Å². The number of halogens is 1. The molecular formula is C19H17FN4O4. The molecule has 1 unspecified atom stereocenters. The third kappa shape index (κ3) is 2.19. The molecule has 3 aromatic rings. The minimum atomic E-state index is -1.33. The summed E-state index contributed by atoms with van der Waals surface area (Å²) < 4.78 is 24.4. The van der Waals surface area contributed by atoms with Gasteiger partial charge in [0.1, 0.15) is 17.9 Å². The summed E-state index contributed by atoms with van der Waals surface area (Å²) in [6.07, 6.45) is 3.23. The first kappa shape index (κ1) is 16.8. The van der Waals surface area contributed by atoms with Gasteiger partial charge in [0, 0.05) is 31.5 Å². The van der Waals surface area contributed by atoms with Crippen molar-refractivity contribution in [1.82, 2.24) is 14.3 Å². The molecule has 28 heavy (non-hydrogen) atoms. The predicted molar refractivity (Wildman–Crippen MR) is 98.4 cm³/mol. The van der Waals surface area contributed by atoms with Crippen LogP contribution in [0, 0.1) is 5.82 Å². The number of aromatic carboxylic acids is 1. The number of carboxylic acid groups (broad SMARTS) is 1. The van der Waals surface area contributed by atoms with Gasteiger partial charge in [-0.2, -0.15) is 5.10 Å². The number of rotatable bonds is 2. The van der Waals surface area contributed by atoms with Gasteiger partial charge in [-0.15, -0.1) is 0 Å². The SMILES string of the molecule is CC1COc2c(N3Cc4cn(C)nc4C3)c(F)cc3c(=O)c(C(=O)O)cn1c23. The molecule has 0 amide bonds. The van der Waals surface area contributed by atoms with Crippen molar-refractivity contribution in [2.45, 2.75) is 26.1 Å². The highest BCUT2D eigenvalue weighted by atomic mass is 19.1. The molecule has 0 fully saturated rings. The maximum absolute atomic E-state index is 15.2. The van der Waals surface area contributed by atoms with Crippen LogP contribution in [0.15, 0.2) is 23.3 Å². The summed E-state index contributed by atoms with van der Waals surface area (Å²) in [5.74, 6) is -1.67. The Morgan fingerprint density at radius 1 is 1.36 bits per heavy atom. The Bertz CT molecular complexity index is 1210. The van der Waals surface area contributed by atoms with Crippen LogP contribution in [-0.2, 0) is 20.1 Å². The molecule has 1 aromatic carbocycles. The van der Waals surface area contributed by atoms with E-state index in [0.717, 1.165) is 17.3 Å². The van der Waals surface area contributed by atoms with Gasteiger partial charge < -0.3 is 19.3 Å². The molecule has 2 aliphatic heterocycles. The minimum Gasteiger partial charge on any atom is -0.487 e. The van der Waals surface area contributed by atoms with Gasteiger partial charge >= 0.3 is 5.97 Å². The highest BCUT2D eigenvalue weighted by molar-refractivity contribution is 5.97. The van der Waals surface area contributed by atoms with Gasteiger partial charge in [-0.3, -0.25) is 9.48 Å². The zero-order chi connectivity index (χ0) is 19.7. The number of aryl methyl sites for hydroxylation is 1. The van der Waals surface area contributed by atoms with E-state index in [2.05, 4.69) is 5.10 Å². The van der Waals surface area contributed by atoms with Gasteiger partial charge in [-0.1, -0.05) is 0 Å². The van der Waals surface area contributed by atoms with Crippen LogP contribution in [0.2, 0.25) is 0 Å². The molecule has 0 spiro atoms.